The molecule has 30 heavy (non-hydrogen) atoms. The van der Waals surface area contributed by atoms with E-state index in [9.17, 15) is 4.79 Å². The van der Waals surface area contributed by atoms with Crippen LogP contribution in [0.4, 0.5) is 0 Å². The van der Waals surface area contributed by atoms with Crippen LogP contribution in [0.2, 0.25) is 0 Å². The molecular formula is C24H22N4O2. The zero-order chi connectivity index (χ0) is 20.9. The molecule has 0 unspecified atom stereocenters. The molecule has 1 amide bonds. The van der Waals surface area contributed by atoms with Gasteiger partial charge in [-0.05, 0) is 55.0 Å². The summed E-state index contributed by atoms with van der Waals surface area (Å²) in [5, 5.41) is 4.13. The largest absolute Gasteiger partial charge is 0.457 e. The molecule has 0 spiro atoms. The van der Waals surface area contributed by atoms with E-state index in [1.54, 1.807) is 28.0 Å². The van der Waals surface area contributed by atoms with Crippen molar-refractivity contribution in [1.82, 2.24) is 19.7 Å². The SMILES string of the molecule is C[C@@H](c1ccc(-n2cncn2)cc1)N(C)C(=O)c1cccc(Oc2ccccc2)c1. The Hall–Kier alpha value is -3.93. The summed E-state index contributed by atoms with van der Waals surface area (Å²) in [6, 6.07) is 24.6. The van der Waals surface area contributed by atoms with Gasteiger partial charge in [0.2, 0.25) is 0 Å². The van der Waals surface area contributed by atoms with E-state index < -0.39 is 0 Å². The van der Waals surface area contributed by atoms with E-state index in [1.807, 2.05) is 80.7 Å². The molecule has 150 valence electrons. The van der Waals surface area contributed by atoms with Gasteiger partial charge in [-0.25, -0.2) is 9.67 Å². The van der Waals surface area contributed by atoms with Crippen molar-refractivity contribution in [2.45, 2.75) is 13.0 Å². The van der Waals surface area contributed by atoms with Gasteiger partial charge in [0.15, 0.2) is 0 Å². The van der Waals surface area contributed by atoms with Gasteiger partial charge in [0.25, 0.3) is 5.91 Å². The molecule has 0 N–H and O–H groups in total. The molecule has 4 aromatic rings. The van der Waals surface area contributed by atoms with Crippen LogP contribution in [-0.2, 0) is 0 Å². The third-order valence-corrected chi connectivity index (χ3v) is 5.02. The number of hydrogen-bond acceptors (Lipinski definition) is 4. The maximum Gasteiger partial charge on any atom is 0.254 e. The van der Waals surface area contributed by atoms with E-state index in [1.165, 1.54) is 6.33 Å². The van der Waals surface area contributed by atoms with Crippen molar-refractivity contribution in [2.24, 2.45) is 0 Å². The van der Waals surface area contributed by atoms with Crippen LogP contribution in [0.15, 0.2) is 91.5 Å². The minimum absolute atomic E-state index is 0.0682. The molecule has 0 saturated heterocycles. The van der Waals surface area contributed by atoms with Crippen LogP contribution >= 0.6 is 0 Å². The minimum atomic E-state index is -0.0963. The van der Waals surface area contributed by atoms with E-state index in [2.05, 4.69) is 10.1 Å². The third kappa shape index (κ3) is 4.22. The number of ether oxygens (including phenoxy) is 1. The molecule has 0 saturated carbocycles. The summed E-state index contributed by atoms with van der Waals surface area (Å²) in [6.45, 7) is 2.01. The number of rotatable bonds is 6. The first kappa shape index (κ1) is 19.4. The van der Waals surface area contributed by atoms with Gasteiger partial charge in [0.05, 0.1) is 11.7 Å². The molecule has 6 nitrogen and oxygen atoms in total. The molecule has 4 rings (SSSR count). The number of carbonyl (C=O) groups is 1. The van der Waals surface area contributed by atoms with Crippen molar-refractivity contribution in [2.75, 3.05) is 7.05 Å². The van der Waals surface area contributed by atoms with Gasteiger partial charge in [0.1, 0.15) is 24.2 Å². The summed E-state index contributed by atoms with van der Waals surface area (Å²) in [5.41, 5.74) is 2.53. The first-order valence-electron chi connectivity index (χ1n) is 9.67. The summed E-state index contributed by atoms with van der Waals surface area (Å²) in [5.74, 6) is 1.29. The van der Waals surface area contributed by atoms with E-state index in [0.717, 1.165) is 17.0 Å². The van der Waals surface area contributed by atoms with Crippen LogP contribution in [0.3, 0.4) is 0 Å². The van der Waals surface area contributed by atoms with E-state index >= 15 is 0 Å². The van der Waals surface area contributed by atoms with Gasteiger partial charge < -0.3 is 9.64 Å². The number of hydrogen-bond donors (Lipinski definition) is 0. The normalized spacial score (nSPS) is 11.7. The summed E-state index contributed by atoms with van der Waals surface area (Å²) in [6.07, 6.45) is 3.15. The maximum atomic E-state index is 13.1. The molecule has 0 radical (unpaired) electrons. The second-order valence-electron chi connectivity index (χ2n) is 6.97. The van der Waals surface area contributed by atoms with Crippen LogP contribution in [0.1, 0.15) is 28.9 Å². The van der Waals surface area contributed by atoms with E-state index in [0.29, 0.717) is 11.3 Å². The van der Waals surface area contributed by atoms with E-state index in [4.69, 9.17) is 4.74 Å². The van der Waals surface area contributed by atoms with Crippen molar-refractivity contribution in [3.63, 3.8) is 0 Å². The molecule has 0 aliphatic rings. The smallest absolute Gasteiger partial charge is 0.254 e. The highest BCUT2D eigenvalue weighted by atomic mass is 16.5. The van der Waals surface area contributed by atoms with Crippen LogP contribution in [-0.4, -0.2) is 32.6 Å². The maximum absolute atomic E-state index is 13.1. The summed E-state index contributed by atoms with van der Waals surface area (Å²) in [7, 11) is 1.81. The van der Waals surface area contributed by atoms with Crippen molar-refractivity contribution < 1.29 is 9.53 Å². The molecule has 0 fully saturated rings. The molecule has 6 heteroatoms. The lowest BCUT2D eigenvalue weighted by atomic mass is 10.1. The van der Waals surface area contributed by atoms with Crippen molar-refractivity contribution in [3.05, 3.63) is 103 Å². The Kier molecular flexibility index (Phi) is 5.57. The fourth-order valence-corrected chi connectivity index (χ4v) is 3.17. The zero-order valence-electron chi connectivity index (χ0n) is 16.8. The first-order valence-corrected chi connectivity index (χ1v) is 9.67. The predicted octanol–water partition coefficient (Wildman–Crippen LogP) is 4.89. The molecule has 0 aliphatic heterocycles. The van der Waals surface area contributed by atoms with Gasteiger partial charge >= 0.3 is 0 Å². The Bertz CT molecular complexity index is 1110. The van der Waals surface area contributed by atoms with Crippen molar-refractivity contribution in [3.8, 4) is 17.2 Å². The standard InChI is InChI=1S/C24H22N4O2/c1-18(19-11-13-21(14-12-19)28-17-25-16-26-28)27(2)24(29)20-7-6-10-23(15-20)30-22-8-4-3-5-9-22/h3-18H,1-2H3/t18-/m0/s1. The Morgan fingerprint density at radius 2 is 1.70 bits per heavy atom. The van der Waals surface area contributed by atoms with Crippen LogP contribution < -0.4 is 4.74 Å². The number of para-hydroxylation sites is 1. The van der Waals surface area contributed by atoms with Crippen molar-refractivity contribution in [1.29, 1.82) is 0 Å². The van der Waals surface area contributed by atoms with Gasteiger partial charge in [-0.2, -0.15) is 5.10 Å². The zero-order valence-corrected chi connectivity index (χ0v) is 16.8. The Labute approximate surface area is 175 Å². The summed E-state index contributed by atoms with van der Waals surface area (Å²) >= 11 is 0. The molecule has 0 bridgehead atoms. The topological polar surface area (TPSA) is 60.2 Å². The van der Waals surface area contributed by atoms with Gasteiger partial charge in [0, 0.05) is 12.6 Å². The highest BCUT2D eigenvalue weighted by molar-refractivity contribution is 5.94. The Morgan fingerprint density at radius 1 is 0.967 bits per heavy atom. The Balaban J connectivity index is 1.48. The summed E-state index contributed by atoms with van der Waals surface area (Å²) < 4.78 is 7.55. The van der Waals surface area contributed by atoms with Crippen LogP contribution in [0.25, 0.3) is 5.69 Å². The quantitative estimate of drug-likeness (QED) is 0.464. The molecular weight excluding hydrogens is 376 g/mol. The minimum Gasteiger partial charge on any atom is -0.457 e. The molecule has 1 aromatic heterocycles. The molecule has 1 atom stereocenters. The second kappa shape index (κ2) is 8.61. The fraction of sp³-hybridized carbons (Fsp3) is 0.125. The predicted molar refractivity (Wildman–Crippen MR) is 115 cm³/mol. The third-order valence-electron chi connectivity index (χ3n) is 5.02. The van der Waals surface area contributed by atoms with Gasteiger partial charge in [-0.3, -0.25) is 4.79 Å². The number of nitrogens with zero attached hydrogens (tertiary/aromatic N) is 4. The lowest BCUT2D eigenvalue weighted by molar-refractivity contribution is 0.0742. The molecule has 1 heterocycles. The summed E-state index contributed by atoms with van der Waals surface area (Å²) in [4.78, 5) is 18.8. The number of benzene rings is 3. The molecule has 0 aliphatic carbocycles. The average Bonchev–Trinajstić information content (AvgIpc) is 3.34. The Morgan fingerprint density at radius 3 is 2.40 bits per heavy atom. The van der Waals surface area contributed by atoms with Crippen molar-refractivity contribution >= 4 is 5.91 Å². The highest BCUT2D eigenvalue weighted by Crippen LogP contribution is 2.25. The average molecular weight is 398 g/mol. The number of carbonyl (C=O) groups excluding carboxylic acids is 1. The number of amides is 1. The van der Waals surface area contributed by atoms with Gasteiger partial charge in [-0.1, -0.05) is 36.4 Å². The van der Waals surface area contributed by atoms with Gasteiger partial charge in [-0.15, -0.1) is 0 Å². The lowest BCUT2D eigenvalue weighted by Crippen LogP contribution is -2.29. The van der Waals surface area contributed by atoms with Crippen LogP contribution in [0, 0.1) is 0 Å². The highest BCUT2D eigenvalue weighted by Gasteiger charge is 2.19. The fourth-order valence-electron chi connectivity index (χ4n) is 3.17. The van der Waals surface area contributed by atoms with E-state index in [-0.39, 0.29) is 11.9 Å². The first-order chi connectivity index (χ1) is 14.6. The molecule has 3 aromatic carbocycles. The lowest BCUT2D eigenvalue weighted by Gasteiger charge is -2.26. The van der Waals surface area contributed by atoms with Crippen LogP contribution in [0.5, 0.6) is 11.5 Å². The monoisotopic (exact) mass is 398 g/mol. The second-order valence-corrected chi connectivity index (χ2v) is 6.97. The number of aromatic nitrogens is 3.